The summed E-state index contributed by atoms with van der Waals surface area (Å²) in [6.07, 6.45) is 1.83. The fourth-order valence-electron chi connectivity index (χ4n) is 4.07. The first-order chi connectivity index (χ1) is 14.4. The van der Waals surface area contributed by atoms with Gasteiger partial charge in [0.05, 0.1) is 10.4 Å². The molecular formula is C26H16N2S. The van der Waals surface area contributed by atoms with Crippen LogP contribution in [0, 0.1) is 0 Å². The molecule has 0 aliphatic heterocycles. The van der Waals surface area contributed by atoms with Crippen LogP contribution in [-0.2, 0) is 0 Å². The standard InChI is InChI=1S/C26H16N2S/c1-2-6-17(7-3-1)20-12-10-18-9-11-19-13-14-23-25(24(19)21(18)16-20)26(28-29-23)22-8-4-5-15-27-22/h1-16H. The molecule has 2 nitrogen and oxygen atoms in total. The predicted octanol–water partition coefficient (Wildman–Crippen LogP) is 7.33. The van der Waals surface area contributed by atoms with Gasteiger partial charge < -0.3 is 0 Å². The summed E-state index contributed by atoms with van der Waals surface area (Å²) < 4.78 is 5.97. The van der Waals surface area contributed by atoms with Crippen molar-refractivity contribution in [2.75, 3.05) is 0 Å². The van der Waals surface area contributed by atoms with Crippen molar-refractivity contribution in [1.82, 2.24) is 9.36 Å². The lowest BCUT2D eigenvalue weighted by Gasteiger charge is -2.09. The van der Waals surface area contributed by atoms with E-state index < -0.39 is 0 Å². The van der Waals surface area contributed by atoms with Crippen molar-refractivity contribution in [3.05, 3.63) is 97.2 Å². The number of hydrogen-bond donors (Lipinski definition) is 0. The van der Waals surface area contributed by atoms with Gasteiger partial charge in [-0.25, -0.2) is 0 Å². The van der Waals surface area contributed by atoms with Crippen LogP contribution in [0.15, 0.2) is 97.2 Å². The van der Waals surface area contributed by atoms with E-state index in [-0.39, 0.29) is 0 Å². The van der Waals surface area contributed by atoms with Gasteiger partial charge in [0.1, 0.15) is 5.69 Å². The summed E-state index contributed by atoms with van der Waals surface area (Å²) in [6.45, 7) is 0. The number of hydrogen-bond acceptors (Lipinski definition) is 3. The highest BCUT2D eigenvalue weighted by molar-refractivity contribution is 7.14. The Kier molecular flexibility index (Phi) is 3.68. The average molecular weight is 388 g/mol. The van der Waals surface area contributed by atoms with E-state index in [2.05, 4.69) is 77.8 Å². The molecule has 2 heterocycles. The van der Waals surface area contributed by atoms with Crippen LogP contribution in [0.2, 0.25) is 0 Å². The number of pyridine rings is 1. The van der Waals surface area contributed by atoms with Gasteiger partial charge in [-0.3, -0.25) is 4.98 Å². The van der Waals surface area contributed by atoms with Gasteiger partial charge in [0.15, 0.2) is 0 Å². The van der Waals surface area contributed by atoms with E-state index in [0.717, 1.165) is 11.4 Å². The minimum absolute atomic E-state index is 0.919. The van der Waals surface area contributed by atoms with E-state index in [1.165, 1.54) is 42.8 Å². The Morgan fingerprint density at radius 1 is 0.621 bits per heavy atom. The quantitative estimate of drug-likeness (QED) is 0.290. The number of fused-ring (bicyclic) bond motifs is 5. The van der Waals surface area contributed by atoms with Crippen LogP contribution >= 0.6 is 11.5 Å². The van der Waals surface area contributed by atoms with Gasteiger partial charge in [-0.05, 0) is 63.1 Å². The minimum Gasteiger partial charge on any atom is -0.255 e. The van der Waals surface area contributed by atoms with Crippen LogP contribution in [0.3, 0.4) is 0 Å². The van der Waals surface area contributed by atoms with Crippen LogP contribution in [0.1, 0.15) is 0 Å². The smallest absolute Gasteiger partial charge is 0.111 e. The first-order valence-corrected chi connectivity index (χ1v) is 10.4. The van der Waals surface area contributed by atoms with Gasteiger partial charge >= 0.3 is 0 Å². The predicted molar refractivity (Wildman–Crippen MR) is 123 cm³/mol. The van der Waals surface area contributed by atoms with Crippen LogP contribution in [0.25, 0.3) is 54.1 Å². The zero-order valence-corrected chi connectivity index (χ0v) is 16.4. The van der Waals surface area contributed by atoms with Crippen molar-refractivity contribution in [2.45, 2.75) is 0 Å². The first kappa shape index (κ1) is 16.4. The van der Waals surface area contributed by atoms with E-state index in [9.17, 15) is 0 Å². The molecule has 2 aromatic heterocycles. The molecular weight excluding hydrogens is 372 g/mol. The van der Waals surface area contributed by atoms with Gasteiger partial charge in [-0.2, -0.15) is 4.37 Å². The number of aromatic nitrogens is 2. The molecule has 136 valence electrons. The normalized spacial score (nSPS) is 11.4. The number of nitrogens with zero attached hydrogens (tertiary/aromatic N) is 2. The van der Waals surface area contributed by atoms with E-state index in [1.807, 2.05) is 24.4 Å². The highest BCUT2D eigenvalue weighted by Crippen LogP contribution is 2.40. The second kappa shape index (κ2) is 6.50. The van der Waals surface area contributed by atoms with E-state index in [4.69, 9.17) is 4.37 Å². The van der Waals surface area contributed by atoms with Crippen molar-refractivity contribution in [2.24, 2.45) is 0 Å². The summed E-state index contributed by atoms with van der Waals surface area (Å²) in [5.74, 6) is 0. The van der Waals surface area contributed by atoms with Crippen LogP contribution < -0.4 is 0 Å². The molecule has 3 heteroatoms. The second-order valence-corrected chi connectivity index (χ2v) is 7.96. The summed E-state index contributed by atoms with van der Waals surface area (Å²) in [4.78, 5) is 4.57. The van der Waals surface area contributed by atoms with Gasteiger partial charge in [-0.1, -0.05) is 66.7 Å². The molecule has 0 saturated carbocycles. The fourth-order valence-corrected chi connectivity index (χ4v) is 4.86. The van der Waals surface area contributed by atoms with E-state index in [1.54, 1.807) is 11.5 Å². The lowest BCUT2D eigenvalue weighted by atomic mass is 9.94. The summed E-state index contributed by atoms with van der Waals surface area (Å²) >= 11 is 1.54. The molecule has 0 radical (unpaired) electrons. The fraction of sp³-hybridized carbons (Fsp3) is 0. The molecule has 0 saturated heterocycles. The largest absolute Gasteiger partial charge is 0.255 e. The van der Waals surface area contributed by atoms with Crippen molar-refractivity contribution in [3.63, 3.8) is 0 Å². The van der Waals surface area contributed by atoms with Gasteiger partial charge in [0, 0.05) is 17.0 Å². The van der Waals surface area contributed by atoms with Crippen LogP contribution in [-0.4, -0.2) is 9.36 Å². The Balaban J connectivity index is 1.75. The molecule has 0 aliphatic rings. The zero-order chi connectivity index (χ0) is 19.2. The first-order valence-electron chi connectivity index (χ1n) is 9.60. The highest BCUT2D eigenvalue weighted by atomic mass is 32.1. The molecule has 0 fully saturated rings. The lowest BCUT2D eigenvalue weighted by molar-refractivity contribution is 1.31. The molecule has 0 unspecified atom stereocenters. The SMILES string of the molecule is c1ccc(-c2ccc3ccc4ccc5snc(-c6ccccn6)c5c4c3c2)cc1. The molecule has 0 aliphatic carbocycles. The Hall–Kier alpha value is -3.56. The second-order valence-electron chi connectivity index (χ2n) is 7.15. The Labute approximate surface area is 172 Å². The van der Waals surface area contributed by atoms with Crippen molar-refractivity contribution in [1.29, 1.82) is 0 Å². The van der Waals surface area contributed by atoms with Crippen LogP contribution in [0.4, 0.5) is 0 Å². The maximum atomic E-state index is 4.78. The number of rotatable bonds is 2. The van der Waals surface area contributed by atoms with E-state index >= 15 is 0 Å². The summed E-state index contributed by atoms with van der Waals surface area (Å²) in [5.41, 5.74) is 4.34. The zero-order valence-electron chi connectivity index (χ0n) is 15.5. The van der Waals surface area contributed by atoms with Crippen molar-refractivity contribution >= 4 is 43.2 Å². The molecule has 0 spiro atoms. The average Bonchev–Trinajstić information content (AvgIpc) is 3.24. The molecule has 29 heavy (non-hydrogen) atoms. The molecule has 6 rings (SSSR count). The van der Waals surface area contributed by atoms with Crippen molar-refractivity contribution < 1.29 is 0 Å². The minimum atomic E-state index is 0.919. The topological polar surface area (TPSA) is 25.8 Å². The van der Waals surface area contributed by atoms with Crippen LogP contribution in [0.5, 0.6) is 0 Å². The third-order valence-electron chi connectivity index (χ3n) is 5.45. The molecule has 6 aromatic rings. The molecule has 0 atom stereocenters. The Morgan fingerprint density at radius 2 is 1.41 bits per heavy atom. The lowest BCUT2D eigenvalue weighted by Crippen LogP contribution is -1.85. The van der Waals surface area contributed by atoms with Gasteiger partial charge in [0.25, 0.3) is 0 Å². The maximum Gasteiger partial charge on any atom is 0.111 e. The molecule has 0 N–H and O–H groups in total. The Morgan fingerprint density at radius 3 is 2.28 bits per heavy atom. The third kappa shape index (κ3) is 2.63. The third-order valence-corrected chi connectivity index (χ3v) is 6.26. The monoisotopic (exact) mass is 388 g/mol. The molecule has 0 amide bonds. The summed E-state index contributed by atoms with van der Waals surface area (Å²) in [6, 6.07) is 32.1. The molecule has 0 bridgehead atoms. The van der Waals surface area contributed by atoms with Gasteiger partial charge in [0.2, 0.25) is 0 Å². The summed E-state index contributed by atoms with van der Waals surface area (Å²) in [7, 11) is 0. The van der Waals surface area contributed by atoms with Crippen molar-refractivity contribution in [3.8, 4) is 22.5 Å². The Bertz CT molecular complexity index is 1490. The maximum absolute atomic E-state index is 4.78. The molecule has 4 aromatic carbocycles. The highest BCUT2D eigenvalue weighted by Gasteiger charge is 2.15. The van der Waals surface area contributed by atoms with E-state index in [0.29, 0.717) is 0 Å². The number of benzene rings is 4. The van der Waals surface area contributed by atoms with Gasteiger partial charge in [-0.15, -0.1) is 0 Å². The summed E-state index contributed by atoms with van der Waals surface area (Å²) in [5, 5.41) is 6.18.